The van der Waals surface area contributed by atoms with Gasteiger partial charge in [0.1, 0.15) is 0 Å². The molecule has 0 aliphatic carbocycles. The van der Waals surface area contributed by atoms with Crippen LogP contribution in [0.2, 0.25) is 0 Å². The number of ether oxygens (including phenoxy) is 12. The van der Waals surface area contributed by atoms with E-state index in [0.717, 1.165) is 13.0 Å². The molecule has 53 heavy (non-hydrogen) atoms. The molecule has 1 aliphatic heterocycles. The molecule has 1 heterocycles. The lowest BCUT2D eigenvalue weighted by atomic mass is 10.1. The van der Waals surface area contributed by atoms with Gasteiger partial charge in [0, 0.05) is 6.61 Å². The van der Waals surface area contributed by atoms with Crippen LogP contribution in [0.3, 0.4) is 0 Å². The first-order valence-electron chi connectivity index (χ1n) is 19.1. The van der Waals surface area contributed by atoms with E-state index in [4.69, 9.17) is 56.8 Å². The van der Waals surface area contributed by atoms with Crippen molar-refractivity contribution in [2.45, 2.75) is 32.6 Å². The highest BCUT2D eigenvalue weighted by Gasteiger charge is 2.34. The van der Waals surface area contributed by atoms with E-state index in [1.54, 1.807) is 24.3 Å². The third-order valence-corrected chi connectivity index (χ3v) is 7.57. The van der Waals surface area contributed by atoms with Crippen molar-refractivity contribution in [3.8, 4) is 0 Å². The van der Waals surface area contributed by atoms with Gasteiger partial charge < -0.3 is 56.8 Å². The summed E-state index contributed by atoms with van der Waals surface area (Å²) in [5, 5.41) is 0. The quantitative estimate of drug-likeness (QED) is 0.0712. The number of fused-ring (bicyclic) bond motifs is 1. The van der Waals surface area contributed by atoms with Gasteiger partial charge in [-0.1, -0.05) is 38.3 Å². The zero-order chi connectivity index (χ0) is 37.7. The summed E-state index contributed by atoms with van der Waals surface area (Å²) < 4.78 is 65.9. The second-order valence-corrected chi connectivity index (χ2v) is 11.7. The molecule has 0 atom stereocenters. The van der Waals surface area contributed by atoms with E-state index in [1.165, 1.54) is 24.2 Å². The fourth-order valence-corrected chi connectivity index (χ4v) is 4.75. The molecule has 15 heteroatoms. The number of benzene rings is 1. The minimum atomic E-state index is -0.278. The Balaban J connectivity index is 1.15. The Bertz CT molecular complexity index is 968. The highest BCUT2D eigenvalue weighted by Crippen LogP contribution is 2.21. The molecule has 0 unspecified atom stereocenters. The lowest BCUT2D eigenvalue weighted by Crippen LogP contribution is -2.33. The summed E-state index contributed by atoms with van der Waals surface area (Å²) in [4.78, 5) is 25.8. The molecular weight excluding hydrogens is 694 g/mol. The maximum absolute atomic E-state index is 12.3. The predicted molar refractivity (Wildman–Crippen MR) is 196 cm³/mol. The maximum Gasteiger partial charge on any atom is 0.261 e. The Labute approximate surface area is 316 Å². The maximum atomic E-state index is 12.3. The van der Waals surface area contributed by atoms with Crippen molar-refractivity contribution in [3.05, 3.63) is 35.4 Å². The SMILES string of the molecule is CCCCCCOCCOCCOCCOCCOCCOCCOCCOCCOCCOCCOCCOCCN1C(=O)c2ccccc2C1=O. The van der Waals surface area contributed by atoms with Crippen molar-refractivity contribution in [3.63, 3.8) is 0 Å². The molecule has 0 saturated carbocycles. The van der Waals surface area contributed by atoms with Crippen molar-refractivity contribution >= 4 is 11.8 Å². The first kappa shape index (κ1) is 47.0. The minimum absolute atomic E-state index is 0.214. The number of carbonyl (C=O) groups excluding carboxylic acids is 2. The van der Waals surface area contributed by atoms with Crippen LogP contribution in [-0.2, 0) is 56.8 Å². The number of unbranched alkanes of at least 4 members (excludes halogenated alkanes) is 3. The molecule has 306 valence electrons. The molecule has 0 radical (unpaired) electrons. The molecule has 0 spiro atoms. The van der Waals surface area contributed by atoms with Crippen LogP contribution in [0.5, 0.6) is 0 Å². The van der Waals surface area contributed by atoms with E-state index in [9.17, 15) is 9.59 Å². The number of carbonyl (C=O) groups is 2. The van der Waals surface area contributed by atoms with Crippen LogP contribution in [0.15, 0.2) is 24.3 Å². The third kappa shape index (κ3) is 25.6. The molecule has 2 rings (SSSR count). The Hall–Kier alpha value is -2.12. The summed E-state index contributed by atoms with van der Waals surface area (Å²) in [6.07, 6.45) is 4.87. The van der Waals surface area contributed by atoms with Gasteiger partial charge in [-0.05, 0) is 18.6 Å². The Kier molecular flexibility index (Phi) is 31.6. The number of amides is 2. The number of hydrogen-bond donors (Lipinski definition) is 0. The van der Waals surface area contributed by atoms with Crippen LogP contribution >= 0.6 is 0 Å². The van der Waals surface area contributed by atoms with Gasteiger partial charge in [0.05, 0.1) is 170 Å². The molecule has 0 N–H and O–H groups in total. The van der Waals surface area contributed by atoms with Crippen LogP contribution in [0.25, 0.3) is 0 Å². The number of nitrogens with zero attached hydrogens (tertiary/aromatic N) is 1. The van der Waals surface area contributed by atoms with E-state index >= 15 is 0 Å². The van der Waals surface area contributed by atoms with Crippen molar-refractivity contribution in [1.82, 2.24) is 4.90 Å². The van der Waals surface area contributed by atoms with Gasteiger partial charge >= 0.3 is 0 Å². The largest absolute Gasteiger partial charge is 0.379 e. The van der Waals surface area contributed by atoms with E-state index < -0.39 is 0 Å². The van der Waals surface area contributed by atoms with Crippen LogP contribution in [0, 0.1) is 0 Å². The van der Waals surface area contributed by atoms with Crippen LogP contribution in [0.4, 0.5) is 0 Å². The van der Waals surface area contributed by atoms with Gasteiger partial charge in [-0.2, -0.15) is 0 Å². The lowest BCUT2D eigenvalue weighted by Gasteiger charge is -2.13. The molecule has 0 fully saturated rings. The van der Waals surface area contributed by atoms with Crippen LogP contribution in [-0.4, -0.2) is 182 Å². The molecule has 1 aliphatic rings. The molecule has 15 nitrogen and oxygen atoms in total. The van der Waals surface area contributed by atoms with Gasteiger partial charge in [0.15, 0.2) is 0 Å². The van der Waals surface area contributed by atoms with E-state index in [1.807, 2.05) is 0 Å². The highest BCUT2D eigenvalue weighted by atomic mass is 16.6. The Morgan fingerprint density at radius 3 is 0.906 bits per heavy atom. The van der Waals surface area contributed by atoms with Crippen molar-refractivity contribution in [2.75, 3.05) is 165 Å². The third-order valence-electron chi connectivity index (χ3n) is 7.57. The molecule has 0 bridgehead atoms. The molecule has 1 aromatic rings. The molecule has 2 amide bonds. The Morgan fingerprint density at radius 2 is 0.623 bits per heavy atom. The van der Waals surface area contributed by atoms with E-state index in [0.29, 0.717) is 156 Å². The first-order valence-corrected chi connectivity index (χ1v) is 19.1. The second kappa shape index (κ2) is 35.6. The zero-order valence-corrected chi connectivity index (χ0v) is 32.0. The topological polar surface area (TPSA) is 148 Å². The average molecular weight is 760 g/mol. The molecule has 0 saturated heterocycles. The first-order chi connectivity index (χ1) is 26.3. The number of imide groups is 1. The predicted octanol–water partition coefficient (Wildman–Crippen LogP) is 3.06. The van der Waals surface area contributed by atoms with Crippen LogP contribution in [0.1, 0.15) is 53.3 Å². The fourth-order valence-electron chi connectivity index (χ4n) is 4.75. The van der Waals surface area contributed by atoms with Crippen LogP contribution < -0.4 is 0 Å². The summed E-state index contributed by atoms with van der Waals surface area (Å²) in [6.45, 7) is 14.4. The van der Waals surface area contributed by atoms with E-state index in [2.05, 4.69) is 6.92 Å². The summed E-state index contributed by atoms with van der Waals surface area (Å²) in [7, 11) is 0. The van der Waals surface area contributed by atoms with E-state index in [-0.39, 0.29) is 25.0 Å². The summed E-state index contributed by atoms with van der Waals surface area (Å²) in [6, 6.07) is 6.82. The van der Waals surface area contributed by atoms with Gasteiger partial charge in [-0.3, -0.25) is 14.5 Å². The van der Waals surface area contributed by atoms with Gasteiger partial charge in [0.2, 0.25) is 0 Å². The highest BCUT2D eigenvalue weighted by molar-refractivity contribution is 6.21. The van der Waals surface area contributed by atoms with Gasteiger partial charge in [-0.25, -0.2) is 0 Å². The lowest BCUT2D eigenvalue weighted by molar-refractivity contribution is -0.0284. The van der Waals surface area contributed by atoms with Gasteiger partial charge in [-0.15, -0.1) is 0 Å². The molecule has 1 aromatic carbocycles. The number of hydrogen-bond acceptors (Lipinski definition) is 14. The number of rotatable bonds is 41. The monoisotopic (exact) mass is 759 g/mol. The molecular formula is C38H65NO14. The average Bonchev–Trinajstić information content (AvgIpc) is 3.42. The molecule has 0 aromatic heterocycles. The van der Waals surface area contributed by atoms with Crippen molar-refractivity contribution in [2.24, 2.45) is 0 Å². The fraction of sp³-hybridized carbons (Fsp3) is 0.789. The standard InChI is InChI=1S/C38H65NO14/c1-2-3-4-7-11-42-13-15-44-17-19-46-21-23-48-25-27-50-29-31-52-33-34-53-32-30-51-28-26-49-24-22-47-20-18-45-16-14-43-12-10-39-37(40)35-8-5-6-9-36(35)38(39)41/h5-6,8-9H,2-4,7,10-34H2,1H3. The minimum Gasteiger partial charge on any atom is -0.379 e. The second-order valence-electron chi connectivity index (χ2n) is 11.7. The summed E-state index contributed by atoms with van der Waals surface area (Å²) >= 11 is 0. The van der Waals surface area contributed by atoms with Gasteiger partial charge in [0.25, 0.3) is 11.8 Å². The Morgan fingerprint density at radius 1 is 0.358 bits per heavy atom. The zero-order valence-electron chi connectivity index (χ0n) is 32.0. The van der Waals surface area contributed by atoms with Crippen molar-refractivity contribution < 1.29 is 66.4 Å². The summed E-state index contributed by atoms with van der Waals surface area (Å²) in [5.41, 5.74) is 0.884. The summed E-state index contributed by atoms with van der Waals surface area (Å²) in [5.74, 6) is -0.555. The van der Waals surface area contributed by atoms with Crippen molar-refractivity contribution in [1.29, 1.82) is 0 Å². The smallest absolute Gasteiger partial charge is 0.261 e. The normalized spacial score (nSPS) is 12.7.